The number of hydrogen-bond donors (Lipinski definition) is 0. The Labute approximate surface area is 147 Å². The molecule has 132 valence electrons. The smallest absolute Gasteiger partial charge is 0.266 e. The lowest BCUT2D eigenvalue weighted by molar-refractivity contribution is -0.121. The largest absolute Gasteiger partial charge is 0.497 e. The van der Waals surface area contributed by atoms with Crippen molar-refractivity contribution >= 4 is 11.7 Å². The molecular formula is C19H22N2O4. The van der Waals surface area contributed by atoms with Gasteiger partial charge in [0.1, 0.15) is 17.3 Å². The molecule has 0 radical (unpaired) electrons. The van der Waals surface area contributed by atoms with Gasteiger partial charge in [0.25, 0.3) is 5.91 Å². The molecule has 6 nitrogen and oxygen atoms in total. The number of aromatic nitrogens is 1. The number of carbonyl (C=O) groups is 1. The number of pyridine rings is 1. The van der Waals surface area contributed by atoms with Crippen molar-refractivity contribution < 1.29 is 19.0 Å². The molecule has 2 aromatic rings. The molecule has 0 N–H and O–H groups in total. The second kappa shape index (κ2) is 8.48. The number of benzene rings is 1. The zero-order valence-corrected chi connectivity index (χ0v) is 14.3. The number of anilines is 1. The van der Waals surface area contributed by atoms with Crippen LogP contribution in [0.25, 0.3) is 0 Å². The van der Waals surface area contributed by atoms with Crippen molar-refractivity contribution in [3.8, 4) is 11.5 Å². The van der Waals surface area contributed by atoms with Crippen LogP contribution in [0.3, 0.4) is 0 Å². The van der Waals surface area contributed by atoms with Crippen LogP contribution in [0.1, 0.15) is 12.8 Å². The first-order chi connectivity index (χ1) is 12.3. The Morgan fingerprint density at radius 3 is 2.68 bits per heavy atom. The van der Waals surface area contributed by atoms with Gasteiger partial charge in [0, 0.05) is 12.8 Å². The summed E-state index contributed by atoms with van der Waals surface area (Å²) in [4.78, 5) is 18.6. The summed E-state index contributed by atoms with van der Waals surface area (Å²) in [5.74, 6) is 1.82. The molecule has 1 fully saturated rings. The van der Waals surface area contributed by atoms with Crippen LogP contribution in [0.15, 0.2) is 48.7 Å². The van der Waals surface area contributed by atoms with Gasteiger partial charge in [0.2, 0.25) is 0 Å². The summed E-state index contributed by atoms with van der Waals surface area (Å²) in [5, 5.41) is 0. The lowest BCUT2D eigenvalue weighted by Crippen LogP contribution is -2.40. The summed E-state index contributed by atoms with van der Waals surface area (Å²) in [5.41, 5.74) is 0. The van der Waals surface area contributed by atoms with E-state index >= 15 is 0 Å². The van der Waals surface area contributed by atoms with Crippen molar-refractivity contribution in [3.05, 3.63) is 48.7 Å². The minimum Gasteiger partial charge on any atom is -0.497 e. The van der Waals surface area contributed by atoms with Crippen molar-refractivity contribution in [3.63, 3.8) is 0 Å². The molecule has 0 aliphatic carbocycles. The molecule has 25 heavy (non-hydrogen) atoms. The third kappa shape index (κ3) is 4.70. The number of hydrogen-bond acceptors (Lipinski definition) is 5. The molecule has 1 amide bonds. The summed E-state index contributed by atoms with van der Waals surface area (Å²) in [6.07, 6.45) is 3.70. The maximum Gasteiger partial charge on any atom is 0.266 e. The Hall–Kier alpha value is -2.60. The van der Waals surface area contributed by atoms with Gasteiger partial charge in [0.05, 0.1) is 19.8 Å². The molecule has 1 aliphatic heterocycles. The van der Waals surface area contributed by atoms with Gasteiger partial charge in [-0.05, 0) is 49.2 Å². The van der Waals surface area contributed by atoms with E-state index in [1.54, 1.807) is 42.5 Å². The van der Waals surface area contributed by atoms with E-state index in [9.17, 15) is 4.79 Å². The second-order valence-electron chi connectivity index (χ2n) is 5.79. The Morgan fingerprint density at radius 1 is 1.24 bits per heavy atom. The van der Waals surface area contributed by atoms with E-state index in [1.807, 2.05) is 18.2 Å². The van der Waals surface area contributed by atoms with Crippen molar-refractivity contribution in [1.29, 1.82) is 0 Å². The maximum absolute atomic E-state index is 12.7. The number of carbonyl (C=O) groups excluding carboxylic acids is 1. The Bertz CT molecular complexity index is 670. The number of methoxy groups -OCH3 is 1. The van der Waals surface area contributed by atoms with Gasteiger partial charge in [-0.3, -0.25) is 9.69 Å². The first-order valence-electron chi connectivity index (χ1n) is 8.36. The van der Waals surface area contributed by atoms with E-state index in [4.69, 9.17) is 14.2 Å². The summed E-state index contributed by atoms with van der Waals surface area (Å²) in [6.45, 7) is 1.18. The fourth-order valence-electron chi connectivity index (χ4n) is 2.72. The minimum absolute atomic E-state index is 0.0481. The standard InChI is InChI=1S/C19H22N2O4/c1-23-15-7-9-16(10-8-15)25-14-19(22)21(13-17-5-4-12-24-17)18-6-2-3-11-20-18/h2-3,6-11,17H,4-5,12-14H2,1H3. The average molecular weight is 342 g/mol. The predicted octanol–water partition coefficient (Wildman–Crippen LogP) is 2.68. The van der Waals surface area contributed by atoms with E-state index in [1.165, 1.54) is 0 Å². The Morgan fingerprint density at radius 2 is 2.04 bits per heavy atom. The molecule has 1 aromatic carbocycles. The summed E-state index contributed by atoms with van der Waals surface area (Å²) in [7, 11) is 1.61. The highest BCUT2D eigenvalue weighted by Gasteiger charge is 2.24. The normalized spacial score (nSPS) is 16.4. The first-order valence-corrected chi connectivity index (χ1v) is 8.36. The van der Waals surface area contributed by atoms with Crippen LogP contribution >= 0.6 is 0 Å². The third-order valence-corrected chi connectivity index (χ3v) is 4.06. The van der Waals surface area contributed by atoms with E-state index in [2.05, 4.69) is 4.98 Å². The highest BCUT2D eigenvalue weighted by atomic mass is 16.5. The number of amides is 1. The lowest BCUT2D eigenvalue weighted by Gasteiger charge is -2.24. The van der Waals surface area contributed by atoms with Crippen LogP contribution in [-0.2, 0) is 9.53 Å². The van der Waals surface area contributed by atoms with Crippen molar-refractivity contribution in [2.75, 3.05) is 31.8 Å². The second-order valence-corrected chi connectivity index (χ2v) is 5.79. The zero-order chi connectivity index (χ0) is 17.5. The molecule has 1 aliphatic rings. The van der Waals surface area contributed by atoms with Crippen molar-refractivity contribution in [1.82, 2.24) is 4.98 Å². The molecule has 0 bridgehead atoms. The highest BCUT2D eigenvalue weighted by molar-refractivity contribution is 5.93. The fraction of sp³-hybridized carbons (Fsp3) is 0.368. The topological polar surface area (TPSA) is 60.9 Å². The summed E-state index contributed by atoms with van der Waals surface area (Å²) < 4.78 is 16.4. The van der Waals surface area contributed by atoms with Crippen LogP contribution in [0.4, 0.5) is 5.82 Å². The number of nitrogens with zero attached hydrogens (tertiary/aromatic N) is 2. The number of ether oxygens (including phenoxy) is 3. The van der Waals surface area contributed by atoms with Gasteiger partial charge in [-0.25, -0.2) is 4.98 Å². The zero-order valence-electron chi connectivity index (χ0n) is 14.3. The van der Waals surface area contributed by atoms with Gasteiger partial charge < -0.3 is 14.2 Å². The Kier molecular flexibility index (Phi) is 5.85. The quantitative estimate of drug-likeness (QED) is 0.774. The molecule has 2 heterocycles. The molecule has 3 rings (SSSR count). The third-order valence-electron chi connectivity index (χ3n) is 4.06. The minimum atomic E-state index is -0.148. The average Bonchev–Trinajstić information content (AvgIpc) is 3.18. The molecule has 0 spiro atoms. The molecular weight excluding hydrogens is 320 g/mol. The predicted molar refractivity (Wildman–Crippen MR) is 94.1 cm³/mol. The molecule has 1 atom stereocenters. The SMILES string of the molecule is COc1ccc(OCC(=O)N(CC2CCCO2)c2ccccn2)cc1. The monoisotopic (exact) mass is 342 g/mol. The van der Waals surface area contributed by atoms with Crippen LogP contribution in [0.2, 0.25) is 0 Å². The fourth-order valence-corrected chi connectivity index (χ4v) is 2.72. The molecule has 1 saturated heterocycles. The van der Waals surface area contributed by atoms with Gasteiger partial charge in [-0.2, -0.15) is 0 Å². The van der Waals surface area contributed by atoms with Crippen LogP contribution < -0.4 is 14.4 Å². The lowest BCUT2D eigenvalue weighted by atomic mass is 10.2. The summed E-state index contributed by atoms with van der Waals surface area (Å²) >= 11 is 0. The van der Waals surface area contributed by atoms with Crippen LogP contribution in [0.5, 0.6) is 11.5 Å². The van der Waals surface area contributed by atoms with E-state index in [0.29, 0.717) is 18.1 Å². The number of rotatable bonds is 7. The Balaban J connectivity index is 1.65. The van der Waals surface area contributed by atoms with Gasteiger partial charge in [-0.15, -0.1) is 0 Å². The van der Waals surface area contributed by atoms with Crippen molar-refractivity contribution in [2.45, 2.75) is 18.9 Å². The van der Waals surface area contributed by atoms with Gasteiger partial charge in [0.15, 0.2) is 6.61 Å². The molecule has 1 unspecified atom stereocenters. The van der Waals surface area contributed by atoms with Crippen molar-refractivity contribution in [2.24, 2.45) is 0 Å². The van der Waals surface area contributed by atoms with E-state index in [-0.39, 0.29) is 18.6 Å². The van der Waals surface area contributed by atoms with Crippen LogP contribution in [-0.4, -0.2) is 43.9 Å². The molecule has 0 saturated carbocycles. The van der Waals surface area contributed by atoms with E-state index < -0.39 is 0 Å². The molecule has 6 heteroatoms. The van der Waals surface area contributed by atoms with Gasteiger partial charge in [-0.1, -0.05) is 6.07 Å². The van der Waals surface area contributed by atoms with E-state index in [0.717, 1.165) is 25.2 Å². The highest BCUT2D eigenvalue weighted by Crippen LogP contribution is 2.19. The maximum atomic E-state index is 12.7. The molecule has 1 aromatic heterocycles. The first kappa shape index (κ1) is 17.2. The van der Waals surface area contributed by atoms with Gasteiger partial charge >= 0.3 is 0 Å². The van der Waals surface area contributed by atoms with Crippen LogP contribution in [0, 0.1) is 0 Å². The summed E-state index contributed by atoms with van der Waals surface area (Å²) in [6, 6.07) is 12.6.